The van der Waals surface area contributed by atoms with E-state index in [1.54, 1.807) is 11.9 Å². The molecule has 130 valence electrons. The van der Waals surface area contributed by atoms with Crippen molar-refractivity contribution >= 4 is 17.7 Å². The minimum atomic E-state index is -0.454. The Kier molecular flexibility index (Phi) is 4.49. The fourth-order valence-electron chi connectivity index (χ4n) is 3.68. The smallest absolute Gasteiger partial charge is 0.410 e. The number of ether oxygens (including phenoxy) is 1. The number of aryl methyl sites for hydroxylation is 2. The summed E-state index contributed by atoms with van der Waals surface area (Å²) in [5.74, 6) is -0.0309. The molecular formula is C18H25N3O3. The van der Waals surface area contributed by atoms with Gasteiger partial charge in [0, 0.05) is 19.3 Å². The van der Waals surface area contributed by atoms with Crippen molar-refractivity contribution in [2.45, 2.75) is 32.3 Å². The number of piperidine rings is 1. The Morgan fingerprint density at radius 1 is 1.33 bits per heavy atom. The molecule has 1 atom stereocenters. The topological polar surface area (TPSA) is 61.9 Å². The lowest BCUT2D eigenvalue weighted by Gasteiger charge is -2.37. The Hall–Kier alpha value is -2.08. The van der Waals surface area contributed by atoms with Crippen molar-refractivity contribution < 1.29 is 14.3 Å². The number of rotatable bonds is 3. The standard InChI is InChI=1S/C18H25N3O3/c1-13-5-6-15(14(2)9-13)19-16(22)10-21-8-4-7-18(12-21)11-20(3)17(23)24-18/h5-6,9H,4,7-8,10-12H2,1-3H3,(H,19,22). The highest BCUT2D eigenvalue weighted by molar-refractivity contribution is 5.93. The summed E-state index contributed by atoms with van der Waals surface area (Å²) in [6, 6.07) is 5.99. The van der Waals surface area contributed by atoms with E-state index in [9.17, 15) is 9.59 Å². The second-order valence-corrected chi connectivity index (χ2v) is 7.09. The van der Waals surface area contributed by atoms with Gasteiger partial charge in [0.05, 0.1) is 13.1 Å². The first kappa shape index (κ1) is 16.8. The van der Waals surface area contributed by atoms with Crippen molar-refractivity contribution in [3.8, 4) is 0 Å². The second kappa shape index (κ2) is 6.43. The number of likely N-dealkylation sites (tertiary alicyclic amines) is 1. The molecule has 2 amide bonds. The molecule has 1 spiro atoms. The Bertz CT molecular complexity index is 661. The summed E-state index contributed by atoms with van der Waals surface area (Å²) in [4.78, 5) is 27.8. The van der Waals surface area contributed by atoms with Crippen LogP contribution in [0.1, 0.15) is 24.0 Å². The first-order chi connectivity index (χ1) is 11.4. The minimum Gasteiger partial charge on any atom is -0.440 e. The maximum absolute atomic E-state index is 12.4. The summed E-state index contributed by atoms with van der Waals surface area (Å²) in [5, 5.41) is 2.98. The number of amides is 2. The lowest BCUT2D eigenvalue weighted by atomic mass is 9.93. The summed E-state index contributed by atoms with van der Waals surface area (Å²) < 4.78 is 5.58. The van der Waals surface area contributed by atoms with Gasteiger partial charge in [-0.15, -0.1) is 0 Å². The molecule has 1 unspecified atom stereocenters. The summed E-state index contributed by atoms with van der Waals surface area (Å²) in [6.07, 6.45) is 1.52. The lowest BCUT2D eigenvalue weighted by Crippen LogP contribution is -2.52. The van der Waals surface area contributed by atoms with Gasteiger partial charge >= 0.3 is 6.09 Å². The van der Waals surface area contributed by atoms with Crippen LogP contribution in [-0.2, 0) is 9.53 Å². The van der Waals surface area contributed by atoms with Gasteiger partial charge in [-0.05, 0) is 44.9 Å². The molecule has 0 aliphatic carbocycles. The highest BCUT2D eigenvalue weighted by atomic mass is 16.6. The maximum atomic E-state index is 12.4. The molecule has 1 aromatic carbocycles. The molecular weight excluding hydrogens is 306 g/mol. The SMILES string of the molecule is Cc1ccc(NC(=O)CN2CCCC3(C2)CN(C)C(=O)O3)c(C)c1. The third kappa shape index (κ3) is 3.53. The Labute approximate surface area is 142 Å². The molecule has 24 heavy (non-hydrogen) atoms. The van der Waals surface area contributed by atoms with Gasteiger partial charge in [0.1, 0.15) is 5.60 Å². The molecule has 2 heterocycles. The summed E-state index contributed by atoms with van der Waals surface area (Å²) in [5.41, 5.74) is 2.63. The first-order valence-corrected chi connectivity index (χ1v) is 8.40. The van der Waals surface area contributed by atoms with Gasteiger partial charge in [-0.25, -0.2) is 4.79 Å². The number of anilines is 1. The Balaban J connectivity index is 1.59. The molecule has 2 aliphatic heterocycles. The molecule has 0 saturated carbocycles. The van der Waals surface area contributed by atoms with Gasteiger partial charge in [-0.3, -0.25) is 9.69 Å². The van der Waals surface area contributed by atoms with Crippen molar-refractivity contribution in [2.75, 3.05) is 38.5 Å². The number of carbonyl (C=O) groups is 2. The van der Waals surface area contributed by atoms with E-state index in [2.05, 4.69) is 16.3 Å². The molecule has 2 aliphatic rings. The van der Waals surface area contributed by atoms with Crippen LogP contribution in [0.3, 0.4) is 0 Å². The van der Waals surface area contributed by atoms with E-state index in [4.69, 9.17) is 4.74 Å². The van der Waals surface area contributed by atoms with E-state index in [-0.39, 0.29) is 12.0 Å². The number of nitrogens with one attached hydrogen (secondary N) is 1. The first-order valence-electron chi connectivity index (χ1n) is 8.40. The number of hydrogen-bond acceptors (Lipinski definition) is 4. The van der Waals surface area contributed by atoms with Crippen molar-refractivity contribution in [3.63, 3.8) is 0 Å². The second-order valence-electron chi connectivity index (χ2n) is 7.09. The van der Waals surface area contributed by atoms with Crippen molar-refractivity contribution in [3.05, 3.63) is 29.3 Å². The maximum Gasteiger partial charge on any atom is 0.410 e. The third-order valence-corrected chi connectivity index (χ3v) is 4.78. The van der Waals surface area contributed by atoms with E-state index >= 15 is 0 Å². The van der Waals surface area contributed by atoms with Crippen LogP contribution >= 0.6 is 0 Å². The predicted molar refractivity (Wildman–Crippen MR) is 92.1 cm³/mol. The van der Waals surface area contributed by atoms with Gasteiger partial charge in [-0.2, -0.15) is 0 Å². The quantitative estimate of drug-likeness (QED) is 0.922. The minimum absolute atomic E-state index is 0.0309. The van der Waals surface area contributed by atoms with Gasteiger partial charge in [-0.1, -0.05) is 17.7 Å². The van der Waals surface area contributed by atoms with Gasteiger partial charge in [0.2, 0.25) is 5.91 Å². The number of nitrogens with zero attached hydrogens (tertiary/aromatic N) is 2. The number of benzene rings is 1. The normalized spacial score (nSPS) is 24.3. The summed E-state index contributed by atoms with van der Waals surface area (Å²) in [7, 11) is 1.75. The van der Waals surface area contributed by atoms with E-state index in [0.29, 0.717) is 19.6 Å². The molecule has 6 nitrogen and oxygen atoms in total. The fourth-order valence-corrected chi connectivity index (χ4v) is 3.68. The zero-order chi connectivity index (χ0) is 17.3. The molecule has 2 fully saturated rings. The number of likely N-dealkylation sites (N-methyl/N-ethyl adjacent to an activating group) is 1. The average molecular weight is 331 g/mol. The van der Waals surface area contributed by atoms with Crippen LogP contribution in [0.15, 0.2) is 18.2 Å². The highest BCUT2D eigenvalue weighted by Crippen LogP contribution is 2.31. The Morgan fingerprint density at radius 2 is 2.12 bits per heavy atom. The molecule has 0 bridgehead atoms. The van der Waals surface area contributed by atoms with Gasteiger partial charge < -0.3 is 15.0 Å². The molecule has 6 heteroatoms. The highest BCUT2D eigenvalue weighted by Gasteiger charge is 2.46. The van der Waals surface area contributed by atoms with Crippen LogP contribution in [0.25, 0.3) is 0 Å². The lowest BCUT2D eigenvalue weighted by molar-refractivity contribution is -0.118. The fraction of sp³-hybridized carbons (Fsp3) is 0.556. The van der Waals surface area contributed by atoms with Crippen molar-refractivity contribution in [2.24, 2.45) is 0 Å². The van der Waals surface area contributed by atoms with E-state index in [0.717, 1.165) is 30.6 Å². The average Bonchev–Trinajstić information content (AvgIpc) is 2.76. The van der Waals surface area contributed by atoms with Crippen LogP contribution < -0.4 is 5.32 Å². The van der Waals surface area contributed by atoms with Crippen molar-refractivity contribution in [1.29, 1.82) is 0 Å². The van der Waals surface area contributed by atoms with Gasteiger partial charge in [0.15, 0.2) is 0 Å². The third-order valence-electron chi connectivity index (χ3n) is 4.78. The zero-order valence-corrected chi connectivity index (χ0v) is 14.6. The molecule has 1 aromatic rings. The van der Waals surface area contributed by atoms with E-state index in [1.165, 1.54) is 5.56 Å². The monoisotopic (exact) mass is 331 g/mol. The summed E-state index contributed by atoms with van der Waals surface area (Å²) >= 11 is 0. The van der Waals surface area contributed by atoms with E-state index < -0.39 is 5.60 Å². The van der Waals surface area contributed by atoms with Crippen LogP contribution in [0.4, 0.5) is 10.5 Å². The zero-order valence-electron chi connectivity index (χ0n) is 14.6. The predicted octanol–water partition coefficient (Wildman–Crippen LogP) is 2.16. The van der Waals surface area contributed by atoms with Crippen LogP contribution in [0, 0.1) is 13.8 Å². The van der Waals surface area contributed by atoms with Crippen LogP contribution in [0.5, 0.6) is 0 Å². The van der Waals surface area contributed by atoms with E-state index in [1.807, 2.05) is 26.0 Å². The molecule has 1 N–H and O–H groups in total. The molecule has 0 aromatic heterocycles. The van der Waals surface area contributed by atoms with Crippen LogP contribution in [0.2, 0.25) is 0 Å². The number of hydrogen-bond donors (Lipinski definition) is 1. The Morgan fingerprint density at radius 3 is 2.79 bits per heavy atom. The van der Waals surface area contributed by atoms with Crippen molar-refractivity contribution in [1.82, 2.24) is 9.80 Å². The largest absolute Gasteiger partial charge is 0.440 e. The molecule has 3 rings (SSSR count). The van der Waals surface area contributed by atoms with Gasteiger partial charge in [0.25, 0.3) is 0 Å². The van der Waals surface area contributed by atoms with Crippen LogP contribution in [-0.4, -0.2) is 60.6 Å². The molecule has 2 saturated heterocycles. The molecule has 0 radical (unpaired) electrons. The summed E-state index contributed by atoms with van der Waals surface area (Å²) in [6.45, 7) is 6.40. The number of carbonyl (C=O) groups excluding carboxylic acids is 2.